The van der Waals surface area contributed by atoms with E-state index < -0.39 is 197 Å². The van der Waals surface area contributed by atoms with E-state index in [2.05, 4.69) is 40.7 Å². The van der Waals surface area contributed by atoms with Crippen LogP contribution >= 0.6 is 0 Å². The molecule has 0 aromatic rings. The smallest absolute Gasteiger partial charge is 0.331 e. The highest BCUT2D eigenvalue weighted by Crippen LogP contribution is 2.89. The van der Waals surface area contributed by atoms with Crippen LogP contribution in [-0.4, -0.2) is 274 Å². The first-order valence-electron chi connectivity index (χ1n) is 31.1. The lowest BCUT2D eigenvalue weighted by molar-refractivity contribution is -0.412. The van der Waals surface area contributed by atoms with Gasteiger partial charge in [-0.3, -0.25) is 0 Å². The molecular weight excluding hydrogens is 1150 g/mol. The molecule has 5 heterocycles. The van der Waals surface area contributed by atoms with Crippen molar-refractivity contribution in [2.45, 2.75) is 266 Å². The van der Waals surface area contributed by atoms with Crippen molar-refractivity contribution in [3.63, 3.8) is 0 Å². The zero-order valence-electron chi connectivity index (χ0n) is 50.4. The zero-order valence-corrected chi connectivity index (χ0v) is 50.4. The molecule has 27 heteroatoms. The average Bonchev–Trinajstić information content (AvgIpc) is 1.47. The maximum Gasteiger partial charge on any atom is 0.331 e. The molecule has 10 aliphatic rings. The highest BCUT2D eigenvalue weighted by molar-refractivity contribution is 5.86. The molecule has 34 atom stereocenters. The first-order valence-corrected chi connectivity index (χ1v) is 31.1. The number of fused-ring (bicyclic) bond motifs is 2. The van der Waals surface area contributed by atoms with Crippen LogP contribution in [0.4, 0.5) is 0 Å². The summed E-state index contributed by atoms with van der Waals surface area (Å²) in [7, 11) is 0. The van der Waals surface area contributed by atoms with Gasteiger partial charge in [-0.2, -0.15) is 0 Å². The van der Waals surface area contributed by atoms with Crippen molar-refractivity contribution in [2.24, 2.45) is 50.7 Å². The van der Waals surface area contributed by atoms with Crippen LogP contribution in [0.1, 0.15) is 106 Å². The number of allylic oxidation sites excluding steroid dienone is 3. The van der Waals surface area contributed by atoms with Gasteiger partial charge >= 0.3 is 5.97 Å². The fourth-order valence-corrected chi connectivity index (χ4v) is 18.1. The van der Waals surface area contributed by atoms with Crippen LogP contribution in [0.25, 0.3) is 0 Å². The molecule has 5 aliphatic carbocycles. The van der Waals surface area contributed by atoms with Crippen molar-refractivity contribution in [1.82, 2.24) is 0 Å². The quantitative estimate of drug-likeness (QED) is 0.0373. The standard InChI is InChI=1S/C60H96O27/c1-24(9-8-10-25(2)50(76)77)27-13-15-58(7)33-12-11-32-56(4,5)34(14-16-59(32)23-60(33,59)18-17-57(27,58)6)84-55-49(47(39(68)30(21-63)82-55)85-53-46(75)42(71)37(66)29(20-62)81-53)87-54-48(86-52-45(74)40(69)35(64)26(3)79-52)43(72)38(67)31(83-54)22-78-51-44(73)41(70)36(65)28(19-61)80-51/h8-10,24,26-49,51-55,61-75H,11-23H2,1-7H3,(H,76,77)/b9-8-,25-10+/t24-,26+,27-,28+,29-,30+,31-,32+,33+,34+,35+,36+,37-,38-,39+,40-,41-,42+,43+,44+,45-,46-,47-,48-,49+,51+,52+,53+,54+,55-,57-,58+,59-,60+/m1/s1. The molecule has 16 N–H and O–H groups in total. The first kappa shape index (κ1) is 67.8. The Balaban J connectivity index is 0.958. The second kappa shape index (κ2) is 25.7. The Morgan fingerprint density at radius 3 is 1.66 bits per heavy atom. The number of carboxylic acid groups (broad SMARTS) is 1. The predicted molar refractivity (Wildman–Crippen MR) is 294 cm³/mol. The van der Waals surface area contributed by atoms with E-state index in [-0.39, 0.29) is 39.1 Å². The third-order valence-corrected chi connectivity index (χ3v) is 23.4. The van der Waals surface area contributed by atoms with Gasteiger partial charge in [0.15, 0.2) is 31.5 Å². The van der Waals surface area contributed by atoms with Crippen molar-refractivity contribution in [3.05, 3.63) is 23.8 Å². The highest BCUT2D eigenvalue weighted by Gasteiger charge is 2.82. The Morgan fingerprint density at radius 2 is 1.02 bits per heavy atom. The number of aliphatic hydroxyl groups excluding tert-OH is 15. The monoisotopic (exact) mass is 1250 g/mol. The Kier molecular flexibility index (Phi) is 20.0. The average molecular weight is 1250 g/mol. The van der Waals surface area contributed by atoms with Crippen LogP contribution < -0.4 is 0 Å². The molecular formula is C60H96O27. The maximum atomic E-state index is 12.2. The largest absolute Gasteiger partial charge is 0.478 e. The van der Waals surface area contributed by atoms with Gasteiger partial charge in [-0.25, -0.2) is 4.79 Å². The van der Waals surface area contributed by atoms with Crippen molar-refractivity contribution < 1.29 is 134 Å². The van der Waals surface area contributed by atoms with Gasteiger partial charge in [-0.05, 0) is 122 Å². The van der Waals surface area contributed by atoms with Crippen LogP contribution in [0.5, 0.6) is 0 Å². The molecule has 0 aromatic carbocycles. The summed E-state index contributed by atoms with van der Waals surface area (Å²) < 4.78 is 62.0. The second-order valence-corrected chi connectivity index (χ2v) is 28.0. The van der Waals surface area contributed by atoms with E-state index in [1.54, 1.807) is 13.0 Å². The number of carbonyl (C=O) groups is 1. The van der Waals surface area contributed by atoms with Crippen LogP contribution in [-0.2, 0) is 52.2 Å². The van der Waals surface area contributed by atoms with E-state index in [4.69, 9.17) is 47.4 Å². The predicted octanol–water partition coefficient (Wildman–Crippen LogP) is -2.84. The number of ether oxygens (including phenoxy) is 10. The van der Waals surface area contributed by atoms with Gasteiger partial charge in [0.05, 0.1) is 38.6 Å². The maximum absolute atomic E-state index is 12.2. The SMILES string of the molecule is C/C(=C\C=C/[C@@H](C)[C@H]1CC[C@@]2(C)[C@@H]3CC[C@H]4C(C)(C)[C@@H](O[C@H]5O[C@@H](CO)[C@H](O)[C@@H](O[C@@H]6O[C@H](CO)[C@@H](O)[C@H](O)[C@H]6O)[C@@H]5O[C@@H]5O[C@H](CO[C@H]6O[C@@H](CO)[C@H](O)[C@@H](O)[C@@H]6O)[C@@H](O)[C@H](O)[C@H]5O[C@@H]5O[C@@H](C)[C@H](O)[C@@H](O)[C@H]5O)CC[C@@]45C[C@@]35CC[C@]12C)C(=O)O. The third-order valence-electron chi connectivity index (χ3n) is 23.4. The van der Waals surface area contributed by atoms with Gasteiger partial charge in [0, 0.05) is 5.57 Å². The van der Waals surface area contributed by atoms with Crippen molar-refractivity contribution in [1.29, 1.82) is 0 Å². The molecule has 10 rings (SSSR count). The molecule has 5 saturated carbocycles. The van der Waals surface area contributed by atoms with E-state index in [1.165, 1.54) is 6.92 Å². The molecule has 2 spiro atoms. The highest BCUT2D eigenvalue weighted by atomic mass is 16.8. The van der Waals surface area contributed by atoms with Crippen molar-refractivity contribution >= 4 is 5.97 Å². The summed E-state index contributed by atoms with van der Waals surface area (Å²) in [5.74, 6) is 0.283. The molecule has 87 heavy (non-hydrogen) atoms. The van der Waals surface area contributed by atoms with Gasteiger partial charge in [0.25, 0.3) is 0 Å². The van der Waals surface area contributed by atoms with Crippen molar-refractivity contribution in [2.75, 3.05) is 26.4 Å². The van der Waals surface area contributed by atoms with Crippen molar-refractivity contribution in [3.8, 4) is 0 Å². The van der Waals surface area contributed by atoms with E-state index >= 15 is 0 Å². The summed E-state index contributed by atoms with van der Waals surface area (Å²) in [4.78, 5) is 11.5. The third kappa shape index (κ3) is 11.5. The Labute approximate surface area is 505 Å². The number of hydrogen-bond acceptors (Lipinski definition) is 26. The lowest BCUT2D eigenvalue weighted by Crippen LogP contribution is -2.69. The normalized spacial score (nSPS) is 53.6. The summed E-state index contributed by atoms with van der Waals surface area (Å²) in [6.07, 6.45) is -31.6. The molecule has 5 saturated heterocycles. The lowest BCUT2D eigenvalue weighted by atomic mass is 9.42. The number of carboxylic acids is 1. The fourth-order valence-electron chi connectivity index (χ4n) is 18.1. The molecule has 27 nitrogen and oxygen atoms in total. The zero-order chi connectivity index (χ0) is 63.4. The molecule has 0 amide bonds. The van der Waals surface area contributed by atoms with Crippen LogP contribution in [0.15, 0.2) is 23.8 Å². The van der Waals surface area contributed by atoms with Gasteiger partial charge in [-0.15, -0.1) is 0 Å². The summed E-state index contributed by atoms with van der Waals surface area (Å²) in [6.45, 7) is 11.2. The van der Waals surface area contributed by atoms with Crippen LogP contribution in [0.3, 0.4) is 0 Å². The summed E-state index contributed by atoms with van der Waals surface area (Å²) in [5, 5.41) is 174. The fraction of sp³-hybridized carbons (Fsp3) is 0.917. The van der Waals surface area contributed by atoms with Gasteiger partial charge in [0.2, 0.25) is 0 Å². The van der Waals surface area contributed by atoms with E-state index in [1.807, 2.05) is 6.08 Å². The minimum Gasteiger partial charge on any atom is -0.478 e. The Hall–Kier alpha value is -2.05. The van der Waals surface area contributed by atoms with E-state index in [0.717, 1.165) is 51.4 Å². The van der Waals surface area contributed by atoms with Crippen LogP contribution in [0, 0.1) is 50.7 Å². The first-order chi connectivity index (χ1) is 41.0. The number of hydrogen-bond donors (Lipinski definition) is 16. The summed E-state index contributed by atoms with van der Waals surface area (Å²) in [5.41, 5.74) is -0.178. The van der Waals surface area contributed by atoms with E-state index in [0.29, 0.717) is 18.3 Å². The number of rotatable bonds is 18. The van der Waals surface area contributed by atoms with Gasteiger partial charge in [0.1, 0.15) is 116 Å². The Bertz CT molecular complexity index is 2430. The van der Waals surface area contributed by atoms with E-state index in [9.17, 15) is 86.5 Å². The molecule has 0 radical (unpaired) electrons. The minimum atomic E-state index is -2.12. The van der Waals surface area contributed by atoms with Crippen LogP contribution in [0.2, 0.25) is 0 Å². The van der Waals surface area contributed by atoms with Gasteiger partial charge < -0.3 is 129 Å². The second-order valence-electron chi connectivity index (χ2n) is 28.0. The number of aliphatic hydroxyl groups is 15. The molecule has 10 fully saturated rings. The molecule has 0 aromatic heterocycles. The molecule has 5 aliphatic heterocycles. The minimum absolute atomic E-state index is 0.0225. The molecule has 0 bridgehead atoms. The summed E-state index contributed by atoms with van der Waals surface area (Å²) >= 11 is 0. The topological polar surface area (TPSA) is 433 Å². The van der Waals surface area contributed by atoms with Gasteiger partial charge in [-0.1, -0.05) is 52.8 Å². The molecule has 0 unspecified atom stereocenters. The Morgan fingerprint density at radius 1 is 0.517 bits per heavy atom. The molecule has 498 valence electrons. The summed E-state index contributed by atoms with van der Waals surface area (Å²) in [6, 6.07) is 0. The number of aliphatic carboxylic acids is 1. The lowest BCUT2D eigenvalue weighted by Gasteiger charge is -2.63.